The quantitative estimate of drug-likeness (QED) is 0.881. The molecule has 8 heteroatoms. The van der Waals surface area contributed by atoms with Crippen molar-refractivity contribution >= 4 is 17.5 Å². The van der Waals surface area contributed by atoms with E-state index in [0.29, 0.717) is 18.0 Å². The Morgan fingerprint density at radius 1 is 1.26 bits per heavy atom. The maximum Gasteiger partial charge on any atom is 0.268 e. The second-order valence-electron chi connectivity index (χ2n) is 6.92. The Balaban J connectivity index is 1.43. The van der Waals surface area contributed by atoms with Gasteiger partial charge in [0.15, 0.2) is 11.9 Å². The van der Waals surface area contributed by atoms with E-state index in [2.05, 4.69) is 20.1 Å². The van der Waals surface area contributed by atoms with E-state index in [-0.39, 0.29) is 18.4 Å². The standard InChI is InChI=1S/C19H23N5O3/c1-13-19(26)24(14-7-4-5-8-15(14)27-13)12-18(25)20-11-17-22-21-16-9-3-2-6-10-23(16)17/h4-5,7-8,13H,2-3,6,9-12H2,1H3,(H,20,25)/t13-/m1/s1. The lowest BCUT2D eigenvalue weighted by molar-refractivity contribution is -0.128. The summed E-state index contributed by atoms with van der Waals surface area (Å²) in [6.07, 6.45) is 3.73. The van der Waals surface area contributed by atoms with Crippen LogP contribution in [0.1, 0.15) is 37.8 Å². The summed E-state index contributed by atoms with van der Waals surface area (Å²) in [5, 5.41) is 11.3. The van der Waals surface area contributed by atoms with Crippen LogP contribution in [0.4, 0.5) is 5.69 Å². The number of hydrogen-bond donors (Lipinski definition) is 1. The number of amides is 2. The highest BCUT2D eigenvalue weighted by atomic mass is 16.5. The average molecular weight is 369 g/mol. The molecule has 1 aromatic carbocycles. The van der Waals surface area contributed by atoms with E-state index in [0.717, 1.165) is 37.5 Å². The first-order chi connectivity index (χ1) is 13.1. The molecule has 27 heavy (non-hydrogen) atoms. The van der Waals surface area contributed by atoms with Crippen molar-refractivity contribution in [3.05, 3.63) is 35.9 Å². The molecular weight excluding hydrogens is 346 g/mol. The Morgan fingerprint density at radius 2 is 2.11 bits per heavy atom. The molecule has 2 aromatic rings. The second-order valence-corrected chi connectivity index (χ2v) is 6.92. The highest BCUT2D eigenvalue weighted by molar-refractivity contribution is 6.03. The van der Waals surface area contributed by atoms with Crippen molar-refractivity contribution in [1.29, 1.82) is 0 Å². The average Bonchev–Trinajstić information content (AvgIpc) is 2.90. The topological polar surface area (TPSA) is 89.3 Å². The summed E-state index contributed by atoms with van der Waals surface area (Å²) in [6.45, 7) is 2.83. The molecule has 1 N–H and O–H groups in total. The number of nitrogens with zero attached hydrogens (tertiary/aromatic N) is 4. The van der Waals surface area contributed by atoms with Gasteiger partial charge >= 0.3 is 0 Å². The number of carbonyl (C=O) groups is 2. The summed E-state index contributed by atoms with van der Waals surface area (Å²) in [5.74, 6) is 1.91. The number of anilines is 1. The Morgan fingerprint density at radius 3 is 3.00 bits per heavy atom. The fourth-order valence-corrected chi connectivity index (χ4v) is 3.58. The van der Waals surface area contributed by atoms with Crippen LogP contribution in [0.3, 0.4) is 0 Å². The monoisotopic (exact) mass is 369 g/mol. The Labute approximate surface area is 157 Å². The first kappa shape index (κ1) is 17.5. The minimum atomic E-state index is -0.611. The molecule has 2 amide bonds. The molecule has 3 heterocycles. The highest BCUT2D eigenvalue weighted by Crippen LogP contribution is 2.33. The number of para-hydroxylation sites is 2. The van der Waals surface area contributed by atoms with Gasteiger partial charge in [0.1, 0.15) is 18.1 Å². The minimum Gasteiger partial charge on any atom is -0.479 e. The molecule has 0 fully saturated rings. The molecule has 2 aliphatic rings. The smallest absolute Gasteiger partial charge is 0.268 e. The zero-order chi connectivity index (χ0) is 18.8. The van der Waals surface area contributed by atoms with E-state index >= 15 is 0 Å². The lowest BCUT2D eigenvalue weighted by atomic mass is 10.2. The molecule has 1 atom stereocenters. The second kappa shape index (κ2) is 7.38. The molecule has 8 nitrogen and oxygen atoms in total. The molecule has 0 radical (unpaired) electrons. The summed E-state index contributed by atoms with van der Waals surface area (Å²) in [6, 6.07) is 7.25. The van der Waals surface area contributed by atoms with E-state index in [1.54, 1.807) is 19.1 Å². The van der Waals surface area contributed by atoms with Crippen LogP contribution in [0.2, 0.25) is 0 Å². The van der Waals surface area contributed by atoms with Crippen LogP contribution < -0.4 is 15.0 Å². The van der Waals surface area contributed by atoms with Crippen LogP contribution in [0, 0.1) is 0 Å². The fourth-order valence-electron chi connectivity index (χ4n) is 3.58. The minimum absolute atomic E-state index is 0.0511. The van der Waals surface area contributed by atoms with Gasteiger partial charge in [-0.2, -0.15) is 0 Å². The number of benzene rings is 1. The van der Waals surface area contributed by atoms with E-state index in [9.17, 15) is 9.59 Å². The van der Waals surface area contributed by atoms with Crippen molar-refractivity contribution < 1.29 is 14.3 Å². The molecule has 0 aliphatic carbocycles. The largest absolute Gasteiger partial charge is 0.479 e. The number of hydrogen-bond acceptors (Lipinski definition) is 5. The third-order valence-electron chi connectivity index (χ3n) is 5.01. The lowest BCUT2D eigenvalue weighted by Crippen LogP contribution is -2.48. The summed E-state index contributed by atoms with van der Waals surface area (Å²) < 4.78 is 7.71. The maximum atomic E-state index is 12.5. The molecule has 0 saturated carbocycles. The van der Waals surface area contributed by atoms with Crippen LogP contribution in [0.25, 0.3) is 0 Å². The van der Waals surface area contributed by atoms with Gasteiger partial charge in [-0.05, 0) is 31.9 Å². The van der Waals surface area contributed by atoms with Crippen molar-refractivity contribution in [2.45, 2.75) is 51.8 Å². The van der Waals surface area contributed by atoms with Gasteiger partial charge in [0, 0.05) is 13.0 Å². The molecule has 0 spiro atoms. The number of aryl methyl sites for hydroxylation is 1. The number of fused-ring (bicyclic) bond motifs is 2. The Bertz CT molecular complexity index is 863. The molecule has 0 unspecified atom stereocenters. The van der Waals surface area contributed by atoms with Crippen molar-refractivity contribution in [2.75, 3.05) is 11.4 Å². The van der Waals surface area contributed by atoms with Gasteiger partial charge in [0.25, 0.3) is 5.91 Å². The molecule has 4 rings (SSSR count). The van der Waals surface area contributed by atoms with Crippen LogP contribution in [-0.4, -0.2) is 39.2 Å². The van der Waals surface area contributed by atoms with E-state index in [1.165, 1.54) is 11.3 Å². The predicted octanol–water partition coefficient (Wildman–Crippen LogP) is 1.43. The van der Waals surface area contributed by atoms with E-state index in [4.69, 9.17) is 4.74 Å². The molecule has 142 valence electrons. The van der Waals surface area contributed by atoms with Crippen molar-refractivity contribution in [3.63, 3.8) is 0 Å². The Kier molecular flexibility index (Phi) is 4.79. The summed E-state index contributed by atoms with van der Waals surface area (Å²) in [5.41, 5.74) is 0.618. The van der Waals surface area contributed by atoms with Crippen molar-refractivity contribution in [3.8, 4) is 5.75 Å². The van der Waals surface area contributed by atoms with Gasteiger partial charge in [-0.25, -0.2) is 0 Å². The number of ether oxygens (including phenoxy) is 1. The van der Waals surface area contributed by atoms with Crippen LogP contribution >= 0.6 is 0 Å². The van der Waals surface area contributed by atoms with Gasteiger partial charge < -0.3 is 14.6 Å². The Hall–Kier alpha value is -2.90. The molecular formula is C19H23N5O3. The van der Waals surface area contributed by atoms with Crippen molar-refractivity contribution in [1.82, 2.24) is 20.1 Å². The molecule has 0 saturated heterocycles. The van der Waals surface area contributed by atoms with Gasteiger partial charge in [-0.1, -0.05) is 18.6 Å². The van der Waals surface area contributed by atoms with Crippen LogP contribution in [0.5, 0.6) is 5.75 Å². The third-order valence-corrected chi connectivity index (χ3v) is 5.01. The number of nitrogens with one attached hydrogen (secondary N) is 1. The van der Waals surface area contributed by atoms with Gasteiger partial charge in [0.2, 0.25) is 5.91 Å². The van der Waals surface area contributed by atoms with Crippen molar-refractivity contribution in [2.24, 2.45) is 0 Å². The maximum absolute atomic E-state index is 12.5. The SMILES string of the molecule is C[C@H]1Oc2ccccc2N(CC(=O)NCc2nnc3n2CCCCC3)C1=O. The number of rotatable bonds is 4. The lowest BCUT2D eigenvalue weighted by Gasteiger charge is -2.32. The van der Waals surface area contributed by atoms with Crippen LogP contribution in [0.15, 0.2) is 24.3 Å². The molecule has 0 bridgehead atoms. The van der Waals surface area contributed by atoms with E-state index in [1.807, 2.05) is 12.1 Å². The first-order valence-electron chi connectivity index (χ1n) is 9.38. The van der Waals surface area contributed by atoms with Crippen LogP contribution in [-0.2, 0) is 29.1 Å². The zero-order valence-corrected chi connectivity index (χ0v) is 15.4. The summed E-state index contributed by atoms with van der Waals surface area (Å²) >= 11 is 0. The summed E-state index contributed by atoms with van der Waals surface area (Å²) in [4.78, 5) is 26.5. The van der Waals surface area contributed by atoms with E-state index < -0.39 is 6.10 Å². The third kappa shape index (κ3) is 3.51. The normalized spacial score (nSPS) is 18.9. The van der Waals surface area contributed by atoms with Gasteiger partial charge in [-0.15, -0.1) is 10.2 Å². The first-order valence-corrected chi connectivity index (χ1v) is 9.38. The summed E-state index contributed by atoms with van der Waals surface area (Å²) in [7, 11) is 0. The molecule has 2 aliphatic heterocycles. The molecule has 1 aromatic heterocycles. The zero-order valence-electron chi connectivity index (χ0n) is 15.4. The predicted molar refractivity (Wildman–Crippen MR) is 98.3 cm³/mol. The number of carbonyl (C=O) groups excluding carboxylic acids is 2. The number of aromatic nitrogens is 3. The van der Waals surface area contributed by atoms with Gasteiger partial charge in [-0.3, -0.25) is 14.5 Å². The highest BCUT2D eigenvalue weighted by Gasteiger charge is 2.32. The van der Waals surface area contributed by atoms with Gasteiger partial charge in [0.05, 0.1) is 12.2 Å². The fraction of sp³-hybridized carbons (Fsp3) is 0.474.